The maximum atomic E-state index is 5.99. The van der Waals surface area contributed by atoms with Crippen molar-refractivity contribution in [3.05, 3.63) is 46.5 Å². The topological polar surface area (TPSA) is 40.7 Å². The smallest absolute Gasteiger partial charge is 0.0923 e. The molecule has 0 saturated heterocycles. The number of imidazole rings is 1. The minimum Gasteiger partial charge on any atom is -0.378 e. The monoisotopic (exact) mass is 241 g/mol. The van der Waals surface area contributed by atoms with Crippen LogP contribution in [-0.4, -0.2) is 9.97 Å². The quantitative estimate of drug-likeness (QED) is 0.866. The Kier molecular flexibility index (Phi) is 3.14. The molecular formula is C10H9Cl2N3. The van der Waals surface area contributed by atoms with Crippen LogP contribution < -0.4 is 5.32 Å². The lowest BCUT2D eigenvalue weighted by molar-refractivity contribution is 1.07. The van der Waals surface area contributed by atoms with Gasteiger partial charge in [0.15, 0.2) is 0 Å². The fraction of sp³-hybridized carbons (Fsp3) is 0.100. The van der Waals surface area contributed by atoms with Gasteiger partial charge in [0, 0.05) is 11.2 Å². The van der Waals surface area contributed by atoms with E-state index < -0.39 is 0 Å². The van der Waals surface area contributed by atoms with Gasteiger partial charge in [0.2, 0.25) is 0 Å². The van der Waals surface area contributed by atoms with E-state index >= 15 is 0 Å². The number of benzene rings is 1. The van der Waals surface area contributed by atoms with E-state index in [1.807, 2.05) is 6.20 Å². The van der Waals surface area contributed by atoms with Crippen molar-refractivity contribution in [3.63, 3.8) is 0 Å². The number of anilines is 1. The third kappa shape index (κ3) is 2.64. The molecule has 0 aliphatic carbocycles. The molecule has 0 spiro atoms. The molecule has 1 aromatic heterocycles. The highest BCUT2D eigenvalue weighted by molar-refractivity contribution is 6.35. The largest absolute Gasteiger partial charge is 0.378 e. The Balaban J connectivity index is 2.07. The number of rotatable bonds is 3. The molecule has 2 rings (SSSR count). The summed E-state index contributed by atoms with van der Waals surface area (Å²) in [6, 6.07) is 5.30. The molecule has 0 aliphatic rings. The number of aromatic nitrogens is 2. The van der Waals surface area contributed by atoms with Crippen LogP contribution in [0, 0.1) is 0 Å². The van der Waals surface area contributed by atoms with Crippen LogP contribution in [0.25, 0.3) is 0 Å². The number of halogens is 2. The van der Waals surface area contributed by atoms with Gasteiger partial charge in [0.1, 0.15) is 0 Å². The third-order valence-electron chi connectivity index (χ3n) is 1.94. The molecule has 2 N–H and O–H groups in total. The van der Waals surface area contributed by atoms with Gasteiger partial charge in [-0.05, 0) is 18.2 Å². The normalized spacial score (nSPS) is 10.3. The summed E-state index contributed by atoms with van der Waals surface area (Å²) in [4.78, 5) is 6.97. The summed E-state index contributed by atoms with van der Waals surface area (Å²) in [6.45, 7) is 0.615. The Morgan fingerprint density at radius 3 is 2.93 bits per heavy atom. The maximum Gasteiger partial charge on any atom is 0.0923 e. The molecule has 1 aromatic carbocycles. The van der Waals surface area contributed by atoms with Crippen molar-refractivity contribution < 1.29 is 0 Å². The van der Waals surface area contributed by atoms with Crippen LogP contribution in [-0.2, 0) is 6.54 Å². The Morgan fingerprint density at radius 2 is 2.20 bits per heavy atom. The predicted molar refractivity (Wildman–Crippen MR) is 62.4 cm³/mol. The van der Waals surface area contributed by atoms with Gasteiger partial charge in [-0.3, -0.25) is 0 Å². The van der Waals surface area contributed by atoms with Crippen LogP contribution in [0.4, 0.5) is 5.69 Å². The van der Waals surface area contributed by atoms with E-state index in [9.17, 15) is 0 Å². The van der Waals surface area contributed by atoms with E-state index in [1.54, 1.807) is 24.5 Å². The first kappa shape index (κ1) is 10.3. The van der Waals surface area contributed by atoms with E-state index in [0.717, 1.165) is 11.4 Å². The summed E-state index contributed by atoms with van der Waals surface area (Å²) in [5, 5.41) is 4.46. The Bertz CT molecular complexity index is 440. The first-order valence-corrected chi connectivity index (χ1v) is 5.18. The fourth-order valence-electron chi connectivity index (χ4n) is 1.21. The van der Waals surface area contributed by atoms with Crippen molar-refractivity contribution in [2.45, 2.75) is 6.54 Å². The molecule has 1 heterocycles. The van der Waals surface area contributed by atoms with E-state index in [2.05, 4.69) is 15.3 Å². The van der Waals surface area contributed by atoms with Gasteiger partial charge >= 0.3 is 0 Å². The second-order valence-electron chi connectivity index (χ2n) is 3.04. The zero-order valence-corrected chi connectivity index (χ0v) is 9.31. The van der Waals surface area contributed by atoms with Crippen molar-refractivity contribution in [1.82, 2.24) is 9.97 Å². The Hall–Kier alpha value is -1.19. The summed E-state index contributed by atoms with van der Waals surface area (Å²) in [6.07, 6.45) is 3.46. The molecular weight excluding hydrogens is 233 g/mol. The fourth-order valence-corrected chi connectivity index (χ4v) is 1.56. The van der Waals surface area contributed by atoms with E-state index in [1.165, 1.54) is 0 Å². The minimum atomic E-state index is 0.615. The van der Waals surface area contributed by atoms with Gasteiger partial charge in [-0.1, -0.05) is 23.2 Å². The van der Waals surface area contributed by atoms with Gasteiger partial charge in [-0.25, -0.2) is 4.98 Å². The average Bonchev–Trinajstić information content (AvgIpc) is 2.72. The van der Waals surface area contributed by atoms with Gasteiger partial charge in [0.05, 0.1) is 29.3 Å². The number of nitrogens with zero attached hydrogens (tertiary/aromatic N) is 1. The number of aromatic amines is 1. The number of hydrogen-bond donors (Lipinski definition) is 2. The lowest BCUT2D eigenvalue weighted by Crippen LogP contribution is -1.99. The first-order chi connectivity index (χ1) is 7.25. The molecule has 5 heteroatoms. The maximum absolute atomic E-state index is 5.99. The summed E-state index contributed by atoms with van der Waals surface area (Å²) in [5.41, 5.74) is 1.73. The molecule has 0 saturated carbocycles. The minimum absolute atomic E-state index is 0.615. The SMILES string of the molecule is Clc1ccc(Cl)c(NCc2c[nH]cn2)c1. The van der Waals surface area contributed by atoms with Crippen LogP contribution in [0.2, 0.25) is 10.0 Å². The number of nitrogens with one attached hydrogen (secondary N) is 2. The van der Waals surface area contributed by atoms with Crippen molar-refractivity contribution >= 4 is 28.9 Å². The van der Waals surface area contributed by atoms with Crippen LogP contribution in [0.15, 0.2) is 30.7 Å². The highest BCUT2D eigenvalue weighted by Crippen LogP contribution is 2.25. The van der Waals surface area contributed by atoms with E-state index in [4.69, 9.17) is 23.2 Å². The predicted octanol–water partition coefficient (Wildman–Crippen LogP) is 3.33. The van der Waals surface area contributed by atoms with Crippen LogP contribution in [0.5, 0.6) is 0 Å². The van der Waals surface area contributed by atoms with E-state index in [0.29, 0.717) is 16.6 Å². The van der Waals surface area contributed by atoms with Gasteiger partial charge in [-0.2, -0.15) is 0 Å². The van der Waals surface area contributed by atoms with Crippen molar-refractivity contribution in [2.24, 2.45) is 0 Å². The lowest BCUT2D eigenvalue weighted by Gasteiger charge is -2.06. The highest BCUT2D eigenvalue weighted by atomic mass is 35.5. The second-order valence-corrected chi connectivity index (χ2v) is 3.88. The molecule has 0 atom stereocenters. The van der Waals surface area contributed by atoms with Gasteiger partial charge in [0.25, 0.3) is 0 Å². The number of hydrogen-bond acceptors (Lipinski definition) is 2. The lowest BCUT2D eigenvalue weighted by atomic mass is 10.3. The summed E-state index contributed by atoms with van der Waals surface area (Å²) in [7, 11) is 0. The molecule has 15 heavy (non-hydrogen) atoms. The molecule has 3 nitrogen and oxygen atoms in total. The molecule has 2 aromatic rings. The van der Waals surface area contributed by atoms with Gasteiger partial charge in [-0.15, -0.1) is 0 Å². The van der Waals surface area contributed by atoms with Crippen LogP contribution in [0.1, 0.15) is 5.69 Å². The zero-order chi connectivity index (χ0) is 10.7. The van der Waals surface area contributed by atoms with E-state index in [-0.39, 0.29) is 0 Å². The molecule has 0 amide bonds. The molecule has 78 valence electrons. The standard InChI is InChI=1S/C10H9Cl2N3/c11-7-1-2-9(12)10(3-7)14-5-8-4-13-6-15-8/h1-4,6,14H,5H2,(H,13,15). The second kappa shape index (κ2) is 4.55. The summed E-state index contributed by atoms with van der Waals surface area (Å²) in [5.74, 6) is 0. The number of H-pyrrole nitrogens is 1. The summed E-state index contributed by atoms with van der Waals surface area (Å²) < 4.78 is 0. The van der Waals surface area contributed by atoms with Crippen molar-refractivity contribution in [1.29, 1.82) is 0 Å². The van der Waals surface area contributed by atoms with Crippen LogP contribution >= 0.6 is 23.2 Å². The van der Waals surface area contributed by atoms with Crippen molar-refractivity contribution in [3.8, 4) is 0 Å². The van der Waals surface area contributed by atoms with Crippen LogP contribution in [0.3, 0.4) is 0 Å². The Labute approximate surface area is 97.4 Å². The third-order valence-corrected chi connectivity index (χ3v) is 2.51. The molecule has 0 bridgehead atoms. The Morgan fingerprint density at radius 1 is 1.33 bits per heavy atom. The summed E-state index contributed by atoms with van der Waals surface area (Å²) >= 11 is 11.8. The molecule has 0 aliphatic heterocycles. The van der Waals surface area contributed by atoms with Crippen molar-refractivity contribution in [2.75, 3.05) is 5.32 Å². The molecule has 0 fully saturated rings. The highest BCUT2D eigenvalue weighted by Gasteiger charge is 2.01. The molecule has 0 unspecified atom stereocenters. The van der Waals surface area contributed by atoms with Gasteiger partial charge < -0.3 is 10.3 Å². The average molecular weight is 242 g/mol. The zero-order valence-electron chi connectivity index (χ0n) is 7.80. The molecule has 0 radical (unpaired) electrons. The first-order valence-electron chi connectivity index (χ1n) is 4.42.